The fourth-order valence-corrected chi connectivity index (χ4v) is 2.66. The number of hydrogen-bond donors (Lipinski definition) is 1. The average molecular weight is 315 g/mol. The Labute approximate surface area is 140 Å². The third-order valence-corrected chi connectivity index (χ3v) is 3.95. The quantitative estimate of drug-likeness (QED) is 0.611. The highest BCUT2D eigenvalue weighted by Crippen LogP contribution is 2.23. The number of nitrogens with zero attached hydrogens (tertiary/aromatic N) is 4. The van der Waals surface area contributed by atoms with Gasteiger partial charge in [-0.25, -0.2) is 4.98 Å². The van der Waals surface area contributed by atoms with Gasteiger partial charge in [0.05, 0.1) is 12.0 Å². The summed E-state index contributed by atoms with van der Waals surface area (Å²) in [6, 6.07) is 18.6. The topological polar surface area (TPSA) is 55.6 Å². The van der Waals surface area contributed by atoms with Crippen molar-refractivity contribution in [2.24, 2.45) is 0 Å². The second-order valence-corrected chi connectivity index (χ2v) is 5.59. The van der Waals surface area contributed by atoms with Gasteiger partial charge < -0.3 is 9.88 Å². The van der Waals surface area contributed by atoms with Gasteiger partial charge in [0.2, 0.25) is 0 Å². The van der Waals surface area contributed by atoms with Crippen LogP contribution in [0.5, 0.6) is 0 Å². The molecule has 2 aromatic carbocycles. The molecule has 0 radical (unpaired) electrons. The van der Waals surface area contributed by atoms with Crippen molar-refractivity contribution in [1.82, 2.24) is 19.7 Å². The first-order valence-corrected chi connectivity index (χ1v) is 7.91. The second kappa shape index (κ2) is 6.50. The summed E-state index contributed by atoms with van der Waals surface area (Å²) >= 11 is 0. The minimum atomic E-state index is 0.777. The summed E-state index contributed by atoms with van der Waals surface area (Å²) in [6.07, 6.45) is 5.52. The van der Waals surface area contributed by atoms with E-state index in [0.29, 0.717) is 0 Å². The van der Waals surface area contributed by atoms with E-state index < -0.39 is 0 Å². The van der Waals surface area contributed by atoms with Crippen molar-refractivity contribution in [3.8, 4) is 11.3 Å². The van der Waals surface area contributed by atoms with E-state index in [4.69, 9.17) is 0 Å². The molecule has 2 aromatic heterocycles. The summed E-state index contributed by atoms with van der Waals surface area (Å²) in [5.74, 6) is 0.777. The zero-order valence-electron chi connectivity index (χ0n) is 13.1. The molecule has 0 saturated carbocycles. The first kappa shape index (κ1) is 14.4. The Morgan fingerprint density at radius 1 is 0.917 bits per heavy atom. The number of benzene rings is 2. The lowest BCUT2D eigenvalue weighted by molar-refractivity contribution is 0.724. The Bertz CT molecular complexity index is 930. The molecular formula is C19H17N5. The summed E-state index contributed by atoms with van der Waals surface area (Å²) in [7, 11) is 0. The maximum atomic E-state index is 4.34. The van der Waals surface area contributed by atoms with Gasteiger partial charge in [-0.3, -0.25) is 0 Å². The molecule has 118 valence electrons. The van der Waals surface area contributed by atoms with Crippen molar-refractivity contribution in [3.63, 3.8) is 0 Å². The van der Waals surface area contributed by atoms with E-state index in [2.05, 4.69) is 50.8 Å². The molecule has 4 aromatic rings. The SMILES string of the molecule is c1ccc2cc(-c3ccc(NCCn4ccnc4)nn3)ccc2c1. The fraction of sp³-hybridized carbons (Fsp3) is 0.105. The van der Waals surface area contributed by atoms with E-state index in [1.807, 2.05) is 35.0 Å². The van der Waals surface area contributed by atoms with Gasteiger partial charge in [0.1, 0.15) is 5.82 Å². The molecule has 0 saturated heterocycles. The van der Waals surface area contributed by atoms with Crippen LogP contribution in [-0.4, -0.2) is 26.3 Å². The molecule has 0 unspecified atom stereocenters. The van der Waals surface area contributed by atoms with Crippen LogP contribution in [-0.2, 0) is 6.54 Å². The van der Waals surface area contributed by atoms with E-state index in [0.717, 1.165) is 30.2 Å². The van der Waals surface area contributed by atoms with Gasteiger partial charge in [-0.15, -0.1) is 10.2 Å². The Morgan fingerprint density at radius 3 is 2.62 bits per heavy atom. The third kappa shape index (κ3) is 3.10. The molecule has 0 atom stereocenters. The zero-order chi connectivity index (χ0) is 16.2. The Kier molecular flexibility index (Phi) is 3.90. The van der Waals surface area contributed by atoms with Gasteiger partial charge in [-0.05, 0) is 29.0 Å². The number of hydrogen-bond acceptors (Lipinski definition) is 4. The van der Waals surface area contributed by atoms with E-state index in [1.165, 1.54) is 10.8 Å². The molecule has 0 aliphatic carbocycles. The predicted octanol–water partition coefficient (Wildman–Crippen LogP) is 3.61. The molecule has 4 rings (SSSR count). The van der Waals surface area contributed by atoms with Crippen LogP contribution >= 0.6 is 0 Å². The van der Waals surface area contributed by atoms with Crippen molar-refractivity contribution in [1.29, 1.82) is 0 Å². The number of fused-ring (bicyclic) bond motifs is 1. The molecule has 0 bridgehead atoms. The number of nitrogens with one attached hydrogen (secondary N) is 1. The lowest BCUT2D eigenvalue weighted by Gasteiger charge is -2.07. The van der Waals surface area contributed by atoms with Crippen LogP contribution in [0, 0.1) is 0 Å². The summed E-state index contributed by atoms with van der Waals surface area (Å²) < 4.78 is 2.02. The molecule has 0 fully saturated rings. The van der Waals surface area contributed by atoms with Crippen molar-refractivity contribution in [3.05, 3.63) is 73.3 Å². The maximum absolute atomic E-state index is 4.34. The zero-order valence-corrected chi connectivity index (χ0v) is 13.1. The smallest absolute Gasteiger partial charge is 0.148 e. The van der Waals surface area contributed by atoms with E-state index in [1.54, 1.807) is 12.5 Å². The summed E-state index contributed by atoms with van der Waals surface area (Å²) in [5.41, 5.74) is 1.95. The van der Waals surface area contributed by atoms with Crippen molar-refractivity contribution >= 4 is 16.6 Å². The minimum absolute atomic E-state index is 0.777. The highest BCUT2D eigenvalue weighted by atomic mass is 15.2. The van der Waals surface area contributed by atoms with Crippen LogP contribution in [0.2, 0.25) is 0 Å². The molecule has 0 amide bonds. The molecule has 0 spiro atoms. The summed E-state index contributed by atoms with van der Waals surface area (Å²) in [6.45, 7) is 1.62. The van der Waals surface area contributed by atoms with Gasteiger partial charge in [0.15, 0.2) is 0 Å². The standard InChI is InChI=1S/C19H17N5/c1-2-4-16-13-17(6-5-15(16)3-1)18-7-8-19(23-22-18)21-10-12-24-11-9-20-14-24/h1-9,11,13-14H,10,12H2,(H,21,23). The lowest BCUT2D eigenvalue weighted by atomic mass is 10.1. The number of rotatable bonds is 5. The number of aromatic nitrogens is 4. The highest BCUT2D eigenvalue weighted by molar-refractivity contribution is 5.86. The molecule has 0 aliphatic rings. The normalized spacial score (nSPS) is 10.8. The highest BCUT2D eigenvalue weighted by Gasteiger charge is 2.02. The molecule has 5 nitrogen and oxygen atoms in total. The van der Waals surface area contributed by atoms with E-state index in [9.17, 15) is 0 Å². The second-order valence-electron chi connectivity index (χ2n) is 5.59. The first-order chi connectivity index (χ1) is 11.9. The lowest BCUT2D eigenvalue weighted by Crippen LogP contribution is -2.10. The van der Waals surface area contributed by atoms with Gasteiger partial charge in [-0.2, -0.15) is 0 Å². The van der Waals surface area contributed by atoms with E-state index >= 15 is 0 Å². The van der Waals surface area contributed by atoms with Crippen molar-refractivity contribution in [2.75, 3.05) is 11.9 Å². The Balaban J connectivity index is 1.46. The molecule has 0 aliphatic heterocycles. The summed E-state index contributed by atoms with van der Waals surface area (Å²) in [4.78, 5) is 4.02. The van der Waals surface area contributed by atoms with Crippen LogP contribution < -0.4 is 5.32 Å². The molecule has 2 heterocycles. The Hall–Kier alpha value is -3.21. The first-order valence-electron chi connectivity index (χ1n) is 7.91. The van der Waals surface area contributed by atoms with Gasteiger partial charge in [-0.1, -0.05) is 36.4 Å². The molecule has 5 heteroatoms. The van der Waals surface area contributed by atoms with Gasteiger partial charge in [0, 0.05) is 31.0 Å². The Morgan fingerprint density at radius 2 is 1.83 bits per heavy atom. The summed E-state index contributed by atoms with van der Waals surface area (Å²) in [5, 5.41) is 14.3. The van der Waals surface area contributed by atoms with Gasteiger partial charge >= 0.3 is 0 Å². The minimum Gasteiger partial charge on any atom is -0.367 e. The molecule has 1 N–H and O–H groups in total. The third-order valence-electron chi connectivity index (χ3n) is 3.95. The van der Waals surface area contributed by atoms with Crippen molar-refractivity contribution in [2.45, 2.75) is 6.54 Å². The van der Waals surface area contributed by atoms with Crippen LogP contribution in [0.15, 0.2) is 73.3 Å². The monoisotopic (exact) mass is 315 g/mol. The van der Waals surface area contributed by atoms with Crippen LogP contribution in [0.3, 0.4) is 0 Å². The van der Waals surface area contributed by atoms with Crippen molar-refractivity contribution < 1.29 is 0 Å². The largest absolute Gasteiger partial charge is 0.367 e. The fourth-order valence-electron chi connectivity index (χ4n) is 2.66. The van der Waals surface area contributed by atoms with Crippen LogP contribution in [0.1, 0.15) is 0 Å². The van der Waals surface area contributed by atoms with E-state index in [-0.39, 0.29) is 0 Å². The van der Waals surface area contributed by atoms with Gasteiger partial charge in [0.25, 0.3) is 0 Å². The predicted molar refractivity (Wildman–Crippen MR) is 95.7 cm³/mol. The van der Waals surface area contributed by atoms with Crippen LogP contribution in [0.25, 0.3) is 22.0 Å². The molecule has 24 heavy (non-hydrogen) atoms. The average Bonchev–Trinajstić information content (AvgIpc) is 3.15. The number of imidazole rings is 1. The van der Waals surface area contributed by atoms with Crippen LogP contribution in [0.4, 0.5) is 5.82 Å². The maximum Gasteiger partial charge on any atom is 0.148 e. The molecular weight excluding hydrogens is 298 g/mol. The number of anilines is 1.